The van der Waals surface area contributed by atoms with E-state index >= 15 is 0 Å². The number of carboxylic acid groups (broad SMARTS) is 1. The number of hydrogen-bond donors (Lipinski definition) is 4. The minimum atomic E-state index is -4.64. The molecular weight excluding hydrogens is 235 g/mol. The van der Waals surface area contributed by atoms with E-state index in [9.17, 15) is 4.79 Å². The summed E-state index contributed by atoms with van der Waals surface area (Å²) in [5, 5.41) is 8.64. The monoisotopic (exact) mass is 248 g/mol. The molecule has 6 nitrogen and oxygen atoms in total. The molecule has 0 aliphatic carbocycles. The second-order valence-electron chi connectivity index (χ2n) is 2.98. The molecule has 7 heteroatoms. The van der Waals surface area contributed by atoms with Crippen LogP contribution in [-0.4, -0.2) is 25.8 Å². The van der Waals surface area contributed by atoms with Crippen molar-refractivity contribution in [2.75, 3.05) is 0 Å². The van der Waals surface area contributed by atoms with Crippen molar-refractivity contribution in [1.82, 2.24) is 0 Å². The third-order valence-corrected chi connectivity index (χ3v) is 1.67. The zero-order valence-electron chi connectivity index (χ0n) is 8.52. The third-order valence-electron chi connectivity index (χ3n) is 1.67. The molecule has 1 atom stereocenters. The molecule has 0 amide bonds. The van der Waals surface area contributed by atoms with Gasteiger partial charge in [0, 0.05) is 0 Å². The summed E-state index contributed by atoms with van der Waals surface area (Å²) >= 11 is 0. The van der Waals surface area contributed by atoms with E-state index in [-0.39, 0.29) is 0 Å². The van der Waals surface area contributed by atoms with Gasteiger partial charge in [-0.1, -0.05) is 30.3 Å². The maximum atomic E-state index is 10.5. The Balaban J connectivity index is 0.000000385. The number of aliphatic carboxylic acids is 1. The van der Waals surface area contributed by atoms with E-state index in [4.69, 9.17) is 24.4 Å². The molecule has 0 aliphatic rings. The van der Waals surface area contributed by atoms with Crippen LogP contribution in [0, 0.1) is 0 Å². The fourth-order valence-corrected chi connectivity index (χ4v) is 0.884. The average Bonchev–Trinajstić information content (AvgIpc) is 2.15. The van der Waals surface area contributed by atoms with E-state index in [1.54, 1.807) is 6.92 Å². The summed E-state index contributed by atoms with van der Waals surface area (Å²) in [5.74, 6) is -1.19. The van der Waals surface area contributed by atoms with Gasteiger partial charge in [-0.05, 0) is 12.5 Å². The number of carbonyl (C=O) groups is 1. The molecule has 0 bridgehead atoms. The van der Waals surface area contributed by atoms with Gasteiger partial charge in [0.15, 0.2) is 0 Å². The highest BCUT2D eigenvalue weighted by molar-refractivity contribution is 7.45. The number of benzene rings is 1. The Kier molecular flexibility index (Phi) is 5.92. The minimum absolute atomic E-state index is 0.406. The molecule has 1 aromatic rings. The van der Waals surface area contributed by atoms with Crippen molar-refractivity contribution in [2.45, 2.75) is 12.8 Å². The first-order valence-electron chi connectivity index (χ1n) is 4.28. The number of rotatable bonds is 2. The first-order valence-corrected chi connectivity index (χ1v) is 5.84. The summed E-state index contributed by atoms with van der Waals surface area (Å²) in [4.78, 5) is 32.1. The molecule has 4 N–H and O–H groups in total. The van der Waals surface area contributed by atoms with Gasteiger partial charge in [0.25, 0.3) is 0 Å². The van der Waals surface area contributed by atoms with Crippen LogP contribution >= 0.6 is 7.82 Å². The van der Waals surface area contributed by atoms with E-state index in [0.29, 0.717) is 0 Å². The van der Waals surface area contributed by atoms with Crippen LogP contribution in [0.5, 0.6) is 0 Å². The molecule has 1 rings (SSSR count). The van der Waals surface area contributed by atoms with Crippen molar-refractivity contribution in [3.8, 4) is 0 Å². The lowest BCUT2D eigenvalue weighted by Crippen LogP contribution is -2.06. The van der Waals surface area contributed by atoms with Gasteiger partial charge >= 0.3 is 13.8 Å². The highest BCUT2D eigenvalue weighted by Crippen LogP contribution is 2.25. The van der Waals surface area contributed by atoms with Gasteiger partial charge in [-0.25, -0.2) is 4.57 Å². The van der Waals surface area contributed by atoms with Crippen LogP contribution in [0.25, 0.3) is 0 Å². The summed E-state index contributed by atoms with van der Waals surface area (Å²) in [5.41, 5.74) is 0.847. The molecule has 0 saturated heterocycles. The minimum Gasteiger partial charge on any atom is -0.481 e. The first-order chi connectivity index (χ1) is 7.22. The predicted molar refractivity (Wildman–Crippen MR) is 56.8 cm³/mol. The smallest absolute Gasteiger partial charge is 0.466 e. The second-order valence-corrected chi connectivity index (χ2v) is 4.01. The Morgan fingerprint density at radius 3 is 1.88 bits per heavy atom. The lowest BCUT2D eigenvalue weighted by atomic mass is 10.0. The zero-order valence-corrected chi connectivity index (χ0v) is 9.41. The van der Waals surface area contributed by atoms with E-state index < -0.39 is 19.7 Å². The standard InChI is InChI=1S/C9H10O2.H3O4P/c1-7(9(10)11)8-5-3-2-4-6-8;1-5(2,3)4/h2-7H,1H3,(H,10,11);(H3,1,2,3,4). The highest BCUT2D eigenvalue weighted by Gasteiger charge is 2.11. The molecule has 1 aromatic carbocycles. The van der Waals surface area contributed by atoms with Crippen LogP contribution < -0.4 is 0 Å². The Morgan fingerprint density at radius 1 is 1.19 bits per heavy atom. The van der Waals surface area contributed by atoms with Crippen molar-refractivity contribution >= 4 is 13.8 Å². The van der Waals surface area contributed by atoms with Gasteiger partial charge in [-0.15, -0.1) is 0 Å². The molecule has 0 heterocycles. The molecular formula is C9H13O6P. The maximum absolute atomic E-state index is 10.5. The average molecular weight is 248 g/mol. The molecule has 0 saturated carbocycles. The molecule has 16 heavy (non-hydrogen) atoms. The highest BCUT2D eigenvalue weighted by atomic mass is 31.2. The van der Waals surface area contributed by atoms with Gasteiger partial charge in [-0.2, -0.15) is 0 Å². The predicted octanol–water partition coefficient (Wildman–Crippen LogP) is 0.946. The summed E-state index contributed by atoms with van der Waals surface area (Å²) in [7, 11) is -4.64. The van der Waals surface area contributed by atoms with Gasteiger partial charge in [0.1, 0.15) is 0 Å². The lowest BCUT2D eigenvalue weighted by Gasteiger charge is -2.04. The molecule has 1 unspecified atom stereocenters. The molecule has 90 valence electrons. The Labute approximate surface area is 92.4 Å². The molecule has 0 aliphatic heterocycles. The normalized spacial score (nSPS) is 12.2. The first kappa shape index (κ1) is 14.8. The molecule has 0 aromatic heterocycles. The maximum Gasteiger partial charge on any atom is 0.466 e. The summed E-state index contributed by atoms with van der Waals surface area (Å²) < 4.78 is 8.88. The summed E-state index contributed by atoms with van der Waals surface area (Å²) in [6.07, 6.45) is 0. The van der Waals surface area contributed by atoms with Crippen molar-refractivity contribution in [2.24, 2.45) is 0 Å². The topological polar surface area (TPSA) is 115 Å². The van der Waals surface area contributed by atoms with Crippen molar-refractivity contribution < 1.29 is 29.1 Å². The van der Waals surface area contributed by atoms with E-state index in [2.05, 4.69) is 0 Å². The quantitative estimate of drug-likeness (QED) is 0.579. The van der Waals surface area contributed by atoms with Crippen LogP contribution in [0.4, 0.5) is 0 Å². The van der Waals surface area contributed by atoms with Crippen molar-refractivity contribution in [1.29, 1.82) is 0 Å². The van der Waals surface area contributed by atoms with E-state index in [0.717, 1.165) is 5.56 Å². The molecule has 0 fully saturated rings. The van der Waals surface area contributed by atoms with Crippen LogP contribution in [0.15, 0.2) is 30.3 Å². The summed E-state index contributed by atoms with van der Waals surface area (Å²) in [6, 6.07) is 9.19. The number of phosphoric acid groups is 1. The summed E-state index contributed by atoms with van der Waals surface area (Å²) in [6.45, 7) is 1.68. The van der Waals surface area contributed by atoms with Crippen molar-refractivity contribution in [3.63, 3.8) is 0 Å². The number of hydrogen-bond acceptors (Lipinski definition) is 2. The Hall–Kier alpha value is -1.20. The SMILES string of the molecule is CC(C(=O)O)c1ccccc1.O=P(O)(O)O. The van der Waals surface area contributed by atoms with Crippen molar-refractivity contribution in [3.05, 3.63) is 35.9 Å². The van der Waals surface area contributed by atoms with Gasteiger partial charge < -0.3 is 19.8 Å². The lowest BCUT2D eigenvalue weighted by molar-refractivity contribution is -0.138. The van der Waals surface area contributed by atoms with E-state index in [1.165, 1.54) is 0 Å². The zero-order chi connectivity index (χ0) is 12.8. The van der Waals surface area contributed by atoms with Gasteiger partial charge in [0.2, 0.25) is 0 Å². The second kappa shape index (κ2) is 6.40. The molecule has 0 spiro atoms. The van der Waals surface area contributed by atoms with E-state index in [1.807, 2.05) is 30.3 Å². The van der Waals surface area contributed by atoms with Crippen LogP contribution in [-0.2, 0) is 9.36 Å². The van der Waals surface area contributed by atoms with Crippen LogP contribution in [0.3, 0.4) is 0 Å². The molecule has 0 radical (unpaired) electrons. The fourth-order valence-electron chi connectivity index (χ4n) is 0.884. The third kappa shape index (κ3) is 8.14. The van der Waals surface area contributed by atoms with Gasteiger partial charge in [0.05, 0.1) is 5.92 Å². The number of carboxylic acids is 1. The Bertz CT molecular complexity index is 363. The Morgan fingerprint density at radius 2 is 1.56 bits per heavy atom. The van der Waals surface area contributed by atoms with Crippen LogP contribution in [0.2, 0.25) is 0 Å². The van der Waals surface area contributed by atoms with Gasteiger partial charge in [-0.3, -0.25) is 4.79 Å². The van der Waals surface area contributed by atoms with Crippen LogP contribution in [0.1, 0.15) is 18.4 Å². The fraction of sp³-hybridized carbons (Fsp3) is 0.222. The largest absolute Gasteiger partial charge is 0.481 e.